The molecule has 0 aliphatic carbocycles. The third-order valence-electron chi connectivity index (χ3n) is 4.00. The van der Waals surface area contributed by atoms with Crippen molar-refractivity contribution in [2.24, 2.45) is 11.3 Å². The Morgan fingerprint density at radius 2 is 1.45 bits per heavy atom. The lowest BCUT2D eigenvalue weighted by atomic mass is 9.87. The number of quaternary nitrogens is 1. The first-order chi connectivity index (χ1) is 8.83. The topological polar surface area (TPSA) is 3.24 Å². The molecule has 0 spiro atoms. The van der Waals surface area contributed by atoms with Gasteiger partial charge in [0.15, 0.2) is 0 Å². The van der Waals surface area contributed by atoms with Crippen LogP contribution in [0.25, 0.3) is 0 Å². The average Bonchev–Trinajstić information content (AvgIpc) is 2.23. The van der Waals surface area contributed by atoms with E-state index in [1.54, 1.807) is 0 Å². The van der Waals surface area contributed by atoms with Crippen molar-refractivity contribution < 1.29 is 4.48 Å². The second-order valence-corrected chi connectivity index (χ2v) is 8.59. The lowest BCUT2D eigenvalue weighted by molar-refractivity contribution is -0.893. The van der Waals surface area contributed by atoms with E-state index < -0.39 is 0 Å². The Balaban J connectivity index is 0. The fourth-order valence-corrected chi connectivity index (χ4v) is 2.44. The molecule has 0 amide bonds. The van der Waals surface area contributed by atoms with Crippen LogP contribution in [0.2, 0.25) is 0 Å². The van der Waals surface area contributed by atoms with Crippen LogP contribution >= 0.6 is 0 Å². The summed E-state index contributed by atoms with van der Waals surface area (Å²) in [6.07, 6.45) is 2.68. The number of unbranched alkanes of at least 4 members (excludes halogenated alkanes) is 1. The van der Waals surface area contributed by atoms with Crippen LogP contribution in [0.1, 0.15) is 61.3 Å². The fourth-order valence-electron chi connectivity index (χ4n) is 2.44. The van der Waals surface area contributed by atoms with E-state index in [1.165, 1.54) is 30.4 Å². The Morgan fingerprint density at radius 3 is 1.65 bits per heavy atom. The maximum absolute atomic E-state index is 2.33. The van der Waals surface area contributed by atoms with Crippen LogP contribution in [0, 0.1) is 11.3 Å². The molecule has 1 unspecified atom stereocenters. The summed E-state index contributed by atoms with van der Waals surface area (Å²) < 4.78 is 1.19. The molecule has 1 atom stereocenters. The first-order valence-electron chi connectivity index (χ1n) is 8.32. The highest BCUT2D eigenvalue weighted by molar-refractivity contribution is 4.74. The summed E-state index contributed by atoms with van der Waals surface area (Å²) in [5, 5.41) is 0. The molecule has 0 aliphatic heterocycles. The minimum Gasteiger partial charge on any atom is -0.328 e. The predicted molar refractivity (Wildman–Crippen MR) is 94.2 cm³/mol. The first kappa shape index (κ1) is 22.2. The molecule has 0 N–H and O–H groups in total. The van der Waals surface area contributed by atoms with E-state index in [9.17, 15) is 0 Å². The molecule has 0 fully saturated rings. The van der Waals surface area contributed by atoms with Gasteiger partial charge in [0, 0.05) is 12.0 Å². The highest BCUT2D eigenvalue weighted by Gasteiger charge is 2.20. The molecule has 2 heteroatoms. The van der Waals surface area contributed by atoms with Crippen LogP contribution in [0.4, 0.5) is 0 Å². The van der Waals surface area contributed by atoms with Crippen molar-refractivity contribution in [1.29, 1.82) is 0 Å². The quantitative estimate of drug-likeness (QED) is 0.650. The van der Waals surface area contributed by atoms with Gasteiger partial charge >= 0.3 is 0 Å². The molecule has 0 saturated heterocycles. The Kier molecular flexibility index (Phi) is 10.9. The van der Waals surface area contributed by atoms with E-state index in [1.807, 2.05) is 0 Å². The highest BCUT2D eigenvalue weighted by Crippen LogP contribution is 2.21. The lowest BCUT2D eigenvalue weighted by Gasteiger charge is -2.32. The molecule has 0 aromatic heterocycles. The second kappa shape index (κ2) is 9.78. The van der Waals surface area contributed by atoms with E-state index in [0.717, 1.165) is 5.92 Å². The van der Waals surface area contributed by atoms with Gasteiger partial charge in [0.05, 0.1) is 27.2 Å². The fraction of sp³-hybridized carbons (Fsp3) is 1.00. The number of hydrogen-bond donors (Lipinski definition) is 0. The lowest BCUT2D eigenvalue weighted by Crippen LogP contribution is -2.43. The van der Waals surface area contributed by atoms with Crippen molar-refractivity contribution in [3.05, 3.63) is 0 Å². The van der Waals surface area contributed by atoms with Gasteiger partial charge < -0.3 is 9.38 Å². The Hall–Kier alpha value is -0.0800. The standard InChI is InChI=1S/C10H24N.C8H19N/c1-6-7-8-11(4,5)9-10(2)3;1-7(9(5)6)8(2,3)4/h10H,6-9H2,1-5H3;7H,1-6H3/q+1;. The van der Waals surface area contributed by atoms with Gasteiger partial charge in [-0.25, -0.2) is 0 Å². The van der Waals surface area contributed by atoms with Crippen LogP contribution < -0.4 is 0 Å². The van der Waals surface area contributed by atoms with Crippen molar-refractivity contribution in [2.45, 2.75) is 67.3 Å². The van der Waals surface area contributed by atoms with Gasteiger partial charge in [0.1, 0.15) is 0 Å². The zero-order valence-corrected chi connectivity index (χ0v) is 16.4. The summed E-state index contributed by atoms with van der Waals surface area (Å²) in [6.45, 7) is 18.5. The van der Waals surface area contributed by atoms with Crippen molar-refractivity contribution in [1.82, 2.24) is 4.90 Å². The molecule has 0 aromatic carbocycles. The molecule has 0 rings (SSSR count). The normalized spacial score (nSPS) is 14.2. The highest BCUT2D eigenvalue weighted by atomic mass is 15.3. The minimum absolute atomic E-state index is 0.406. The molecule has 0 bridgehead atoms. The zero-order chi connectivity index (χ0) is 16.6. The van der Waals surface area contributed by atoms with Gasteiger partial charge in [-0.15, -0.1) is 0 Å². The largest absolute Gasteiger partial charge is 0.328 e. The van der Waals surface area contributed by atoms with E-state index in [-0.39, 0.29) is 0 Å². The maximum Gasteiger partial charge on any atom is 0.0805 e. The van der Waals surface area contributed by atoms with Crippen molar-refractivity contribution in [3.8, 4) is 0 Å². The van der Waals surface area contributed by atoms with Gasteiger partial charge in [-0.1, -0.05) is 48.0 Å². The summed E-state index contributed by atoms with van der Waals surface area (Å²) >= 11 is 0. The number of rotatable bonds is 6. The predicted octanol–water partition coefficient (Wildman–Crippen LogP) is 4.50. The number of hydrogen-bond acceptors (Lipinski definition) is 1. The summed E-state index contributed by atoms with van der Waals surface area (Å²) in [6, 6.07) is 0.650. The van der Waals surface area contributed by atoms with Gasteiger partial charge in [-0.3, -0.25) is 0 Å². The summed E-state index contributed by atoms with van der Waals surface area (Å²) in [5.41, 5.74) is 0.406. The Bertz CT molecular complexity index is 224. The van der Waals surface area contributed by atoms with Crippen LogP contribution in [0.15, 0.2) is 0 Å². The molecular formula is C18H43N2+. The summed E-state index contributed by atoms with van der Waals surface area (Å²) in [5.74, 6) is 0.821. The third kappa shape index (κ3) is 12.9. The van der Waals surface area contributed by atoms with E-state index >= 15 is 0 Å². The molecule has 0 heterocycles. The maximum atomic E-state index is 2.33. The second-order valence-electron chi connectivity index (χ2n) is 8.59. The zero-order valence-electron chi connectivity index (χ0n) is 16.4. The van der Waals surface area contributed by atoms with Crippen LogP contribution in [0.5, 0.6) is 0 Å². The van der Waals surface area contributed by atoms with Gasteiger partial charge in [0.2, 0.25) is 0 Å². The van der Waals surface area contributed by atoms with Crippen molar-refractivity contribution in [2.75, 3.05) is 41.3 Å². The molecular weight excluding hydrogens is 244 g/mol. The third-order valence-corrected chi connectivity index (χ3v) is 4.00. The molecule has 124 valence electrons. The summed E-state index contributed by atoms with van der Waals surface area (Å²) in [4.78, 5) is 2.25. The van der Waals surface area contributed by atoms with Gasteiger partial charge in [-0.05, 0) is 32.9 Å². The SMILES string of the molecule is CC(N(C)C)C(C)(C)C.CCCC[N+](C)(C)CC(C)C. The van der Waals surface area contributed by atoms with Gasteiger partial charge in [-0.2, -0.15) is 0 Å². The smallest absolute Gasteiger partial charge is 0.0805 e. The minimum atomic E-state index is 0.406. The van der Waals surface area contributed by atoms with Crippen LogP contribution in [-0.2, 0) is 0 Å². The van der Waals surface area contributed by atoms with Crippen molar-refractivity contribution in [3.63, 3.8) is 0 Å². The molecule has 0 aromatic rings. The molecule has 0 aliphatic rings. The summed E-state index contributed by atoms with van der Waals surface area (Å²) in [7, 11) is 8.90. The van der Waals surface area contributed by atoms with Gasteiger partial charge in [0.25, 0.3) is 0 Å². The monoisotopic (exact) mass is 287 g/mol. The number of nitrogens with zero attached hydrogens (tertiary/aromatic N) is 2. The Labute approximate surface area is 130 Å². The van der Waals surface area contributed by atoms with Crippen molar-refractivity contribution >= 4 is 0 Å². The Morgan fingerprint density at radius 1 is 1.00 bits per heavy atom. The van der Waals surface area contributed by atoms with Crippen LogP contribution in [-0.4, -0.2) is 56.7 Å². The van der Waals surface area contributed by atoms with E-state index in [4.69, 9.17) is 0 Å². The molecule has 0 saturated carbocycles. The van der Waals surface area contributed by atoms with Crippen LogP contribution in [0.3, 0.4) is 0 Å². The molecule has 2 nitrogen and oxygen atoms in total. The average molecular weight is 288 g/mol. The van der Waals surface area contributed by atoms with E-state index in [2.05, 4.69) is 81.6 Å². The molecule has 20 heavy (non-hydrogen) atoms. The van der Waals surface area contributed by atoms with E-state index in [0.29, 0.717) is 11.5 Å². The first-order valence-corrected chi connectivity index (χ1v) is 8.32. The molecule has 0 radical (unpaired) electrons.